The summed E-state index contributed by atoms with van der Waals surface area (Å²) < 4.78 is 5.14. The van der Waals surface area contributed by atoms with E-state index in [1.54, 1.807) is 43.8 Å². The first-order valence-corrected chi connectivity index (χ1v) is 10.2. The lowest BCUT2D eigenvalue weighted by Gasteiger charge is -2.18. The van der Waals surface area contributed by atoms with E-state index in [0.717, 1.165) is 31.4 Å². The number of nitrogens with zero attached hydrogens (tertiary/aromatic N) is 2. The lowest BCUT2D eigenvalue weighted by molar-refractivity contribution is -0.118. The summed E-state index contributed by atoms with van der Waals surface area (Å²) in [6.07, 6.45) is 7.44. The number of amides is 2. The van der Waals surface area contributed by atoms with Crippen LogP contribution >= 0.6 is 0 Å². The van der Waals surface area contributed by atoms with E-state index in [1.165, 1.54) is 0 Å². The molecule has 1 atom stereocenters. The van der Waals surface area contributed by atoms with Gasteiger partial charge in [-0.2, -0.15) is 0 Å². The number of anilines is 1. The Bertz CT molecular complexity index is 1100. The SMILES string of the molecule is COc1ccc(NC(=O)[C@H](NC(=O)c2c[nH]c3ncc(C4CC4)nc23)C2CC2)cc1. The highest BCUT2D eigenvalue weighted by Gasteiger charge is 2.38. The lowest BCUT2D eigenvalue weighted by Crippen LogP contribution is -2.45. The Kier molecular flexibility index (Phi) is 4.61. The molecule has 3 N–H and O–H groups in total. The van der Waals surface area contributed by atoms with Gasteiger partial charge >= 0.3 is 0 Å². The quantitative estimate of drug-likeness (QED) is 0.560. The number of carbonyl (C=O) groups is 2. The molecule has 0 spiro atoms. The van der Waals surface area contributed by atoms with Gasteiger partial charge in [-0.25, -0.2) is 9.97 Å². The molecule has 0 saturated heterocycles. The van der Waals surface area contributed by atoms with E-state index in [-0.39, 0.29) is 17.7 Å². The molecule has 2 fully saturated rings. The largest absolute Gasteiger partial charge is 0.497 e. The zero-order valence-corrected chi connectivity index (χ0v) is 16.6. The Morgan fingerprint density at radius 2 is 1.93 bits per heavy atom. The van der Waals surface area contributed by atoms with Gasteiger partial charge in [0.25, 0.3) is 5.91 Å². The third kappa shape index (κ3) is 3.72. The molecule has 2 aromatic heterocycles. The number of aromatic amines is 1. The summed E-state index contributed by atoms with van der Waals surface area (Å²) in [6, 6.07) is 6.52. The number of fused-ring (bicyclic) bond motifs is 1. The second-order valence-electron chi connectivity index (χ2n) is 7.98. The second kappa shape index (κ2) is 7.44. The smallest absolute Gasteiger partial charge is 0.255 e. The van der Waals surface area contributed by atoms with Gasteiger partial charge in [0.05, 0.1) is 24.6 Å². The standard InChI is InChI=1S/C22H23N5O3/c1-30-15-8-6-14(7-9-15)25-22(29)18(13-4-5-13)27-21(28)16-10-23-20-19(16)26-17(11-24-20)12-2-3-12/h6-13,18H,2-5H2,1H3,(H,23,24)(H,25,29)(H,27,28)/t18-/m1/s1. The van der Waals surface area contributed by atoms with Gasteiger partial charge in [0.2, 0.25) is 5.91 Å². The zero-order chi connectivity index (χ0) is 20.7. The van der Waals surface area contributed by atoms with Gasteiger partial charge in [-0.1, -0.05) is 0 Å². The van der Waals surface area contributed by atoms with Crippen LogP contribution in [0.15, 0.2) is 36.7 Å². The summed E-state index contributed by atoms with van der Waals surface area (Å²) in [7, 11) is 1.59. The van der Waals surface area contributed by atoms with Crippen molar-refractivity contribution in [2.75, 3.05) is 12.4 Å². The number of aromatic nitrogens is 3. The Morgan fingerprint density at radius 3 is 2.60 bits per heavy atom. The molecule has 8 heteroatoms. The molecule has 2 aliphatic rings. The van der Waals surface area contributed by atoms with Crippen molar-refractivity contribution in [1.82, 2.24) is 20.3 Å². The Labute approximate surface area is 173 Å². The van der Waals surface area contributed by atoms with Crippen molar-refractivity contribution in [1.29, 1.82) is 0 Å². The van der Waals surface area contributed by atoms with Gasteiger partial charge in [0, 0.05) is 17.8 Å². The van der Waals surface area contributed by atoms with Crippen LogP contribution in [-0.2, 0) is 4.79 Å². The molecule has 2 aliphatic carbocycles. The average molecular weight is 405 g/mol. The molecule has 0 radical (unpaired) electrons. The lowest BCUT2D eigenvalue weighted by atomic mass is 10.1. The monoisotopic (exact) mass is 405 g/mol. The summed E-state index contributed by atoms with van der Waals surface area (Å²) in [5, 5.41) is 5.81. The maximum absolute atomic E-state index is 13.0. The van der Waals surface area contributed by atoms with Crippen LogP contribution in [-0.4, -0.2) is 39.9 Å². The van der Waals surface area contributed by atoms with Crippen molar-refractivity contribution in [3.05, 3.63) is 47.9 Å². The van der Waals surface area contributed by atoms with E-state index in [4.69, 9.17) is 4.74 Å². The summed E-state index contributed by atoms with van der Waals surface area (Å²) in [6.45, 7) is 0. The van der Waals surface area contributed by atoms with Crippen LogP contribution in [0.3, 0.4) is 0 Å². The van der Waals surface area contributed by atoms with Crippen LogP contribution in [0.25, 0.3) is 11.2 Å². The highest BCUT2D eigenvalue weighted by atomic mass is 16.5. The van der Waals surface area contributed by atoms with Crippen molar-refractivity contribution in [2.45, 2.75) is 37.6 Å². The molecular weight excluding hydrogens is 382 g/mol. The van der Waals surface area contributed by atoms with Gasteiger partial charge in [-0.15, -0.1) is 0 Å². The zero-order valence-electron chi connectivity index (χ0n) is 16.6. The molecule has 2 heterocycles. The molecule has 154 valence electrons. The van der Waals surface area contributed by atoms with E-state index < -0.39 is 6.04 Å². The van der Waals surface area contributed by atoms with Crippen molar-refractivity contribution in [3.8, 4) is 5.75 Å². The topological polar surface area (TPSA) is 109 Å². The van der Waals surface area contributed by atoms with E-state index in [0.29, 0.717) is 34.1 Å². The Balaban J connectivity index is 1.33. The number of H-pyrrole nitrogens is 1. The summed E-state index contributed by atoms with van der Waals surface area (Å²) >= 11 is 0. The average Bonchev–Trinajstić information content (AvgIpc) is 3.69. The molecule has 0 aliphatic heterocycles. The highest BCUT2D eigenvalue weighted by Crippen LogP contribution is 2.39. The van der Waals surface area contributed by atoms with Gasteiger partial charge in [-0.3, -0.25) is 9.59 Å². The van der Waals surface area contributed by atoms with Crippen LogP contribution < -0.4 is 15.4 Å². The third-order valence-electron chi connectivity index (χ3n) is 5.66. The third-order valence-corrected chi connectivity index (χ3v) is 5.66. The molecule has 0 unspecified atom stereocenters. The van der Waals surface area contributed by atoms with E-state index >= 15 is 0 Å². The molecule has 2 saturated carbocycles. The first-order chi connectivity index (χ1) is 14.6. The summed E-state index contributed by atoms with van der Waals surface area (Å²) in [5.41, 5.74) is 3.14. The fourth-order valence-corrected chi connectivity index (χ4v) is 3.59. The second-order valence-corrected chi connectivity index (χ2v) is 7.98. The van der Waals surface area contributed by atoms with E-state index in [2.05, 4.69) is 25.6 Å². The summed E-state index contributed by atoms with van der Waals surface area (Å²) in [4.78, 5) is 37.9. The molecule has 2 amide bonds. The Hall–Kier alpha value is -3.42. The first kappa shape index (κ1) is 18.6. The minimum atomic E-state index is -0.593. The minimum absolute atomic E-state index is 0.144. The number of rotatable bonds is 7. The first-order valence-electron chi connectivity index (χ1n) is 10.2. The maximum atomic E-state index is 13.0. The highest BCUT2D eigenvalue weighted by molar-refractivity contribution is 6.07. The maximum Gasteiger partial charge on any atom is 0.255 e. The number of hydrogen-bond acceptors (Lipinski definition) is 5. The fourth-order valence-electron chi connectivity index (χ4n) is 3.59. The molecule has 5 rings (SSSR count). The predicted molar refractivity (Wildman–Crippen MR) is 111 cm³/mol. The number of hydrogen-bond donors (Lipinski definition) is 3. The van der Waals surface area contributed by atoms with Crippen molar-refractivity contribution < 1.29 is 14.3 Å². The van der Waals surface area contributed by atoms with Crippen LogP contribution in [0.4, 0.5) is 5.69 Å². The summed E-state index contributed by atoms with van der Waals surface area (Å²) in [5.74, 6) is 0.768. The fraction of sp³-hybridized carbons (Fsp3) is 0.364. The van der Waals surface area contributed by atoms with Crippen molar-refractivity contribution in [2.24, 2.45) is 5.92 Å². The van der Waals surface area contributed by atoms with Gasteiger partial charge in [0.15, 0.2) is 5.65 Å². The van der Waals surface area contributed by atoms with Gasteiger partial charge in [0.1, 0.15) is 17.3 Å². The van der Waals surface area contributed by atoms with E-state index in [1.807, 2.05) is 0 Å². The van der Waals surface area contributed by atoms with Crippen molar-refractivity contribution >= 4 is 28.7 Å². The van der Waals surface area contributed by atoms with Crippen LogP contribution in [0.1, 0.15) is 47.7 Å². The number of carbonyl (C=O) groups excluding carboxylic acids is 2. The van der Waals surface area contributed by atoms with Gasteiger partial charge in [-0.05, 0) is 55.9 Å². The van der Waals surface area contributed by atoms with Crippen LogP contribution in [0.5, 0.6) is 5.75 Å². The number of nitrogens with one attached hydrogen (secondary N) is 3. The number of ether oxygens (including phenoxy) is 1. The molecule has 30 heavy (non-hydrogen) atoms. The van der Waals surface area contributed by atoms with Crippen molar-refractivity contribution in [3.63, 3.8) is 0 Å². The normalized spacial score (nSPS) is 16.8. The molecule has 8 nitrogen and oxygen atoms in total. The minimum Gasteiger partial charge on any atom is -0.497 e. The number of methoxy groups -OCH3 is 1. The van der Waals surface area contributed by atoms with Crippen LogP contribution in [0, 0.1) is 5.92 Å². The number of benzene rings is 1. The Morgan fingerprint density at radius 1 is 1.17 bits per heavy atom. The van der Waals surface area contributed by atoms with E-state index in [9.17, 15) is 9.59 Å². The molecule has 3 aromatic rings. The van der Waals surface area contributed by atoms with Gasteiger partial charge < -0.3 is 20.4 Å². The molecule has 1 aromatic carbocycles. The predicted octanol–water partition coefficient (Wildman–Crippen LogP) is 2.99. The molecule has 0 bridgehead atoms. The molecular formula is C22H23N5O3. The van der Waals surface area contributed by atoms with Crippen LogP contribution in [0.2, 0.25) is 0 Å².